The first-order valence-corrected chi connectivity index (χ1v) is 3.63. The molecular formula is C7H9NS. The fraction of sp³-hybridized carbons (Fsp3) is 0.286. The van der Waals surface area contributed by atoms with Gasteiger partial charge in [0.05, 0.1) is 0 Å². The highest BCUT2D eigenvalue weighted by molar-refractivity contribution is 7.13. The van der Waals surface area contributed by atoms with Crippen molar-refractivity contribution in [3.8, 4) is 0 Å². The Balaban J connectivity index is 3.11. The molecule has 0 aliphatic carbocycles. The third-order valence-electron chi connectivity index (χ3n) is 1.33. The van der Waals surface area contributed by atoms with Crippen molar-refractivity contribution < 1.29 is 0 Å². The first-order valence-electron chi connectivity index (χ1n) is 2.81. The summed E-state index contributed by atoms with van der Waals surface area (Å²) >= 11 is 1.67. The minimum atomic E-state index is 1.05. The van der Waals surface area contributed by atoms with Gasteiger partial charge in [-0.1, -0.05) is 0 Å². The largest absolute Gasteiger partial charge is 0.307 e. The predicted molar refractivity (Wildman–Crippen MR) is 41.7 cm³/mol. The summed E-state index contributed by atoms with van der Waals surface area (Å²) in [6, 6.07) is 2.03. The van der Waals surface area contributed by atoms with Crippen LogP contribution in [0.3, 0.4) is 0 Å². The molecule has 0 aliphatic heterocycles. The topological polar surface area (TPSA) is 23.9 Å². The lowest BCUT2D eigenvalue weighted by Gasteiger charge is -1.79. The molecule has 0 saturated heterocycles. The quantitative estimate of drug-likeness (QED) is 0.577. The van der Waals surface area contributed by atoms with Crippen LogP contribution in [-0.4, -0.2) is 6.21 Å². The maximum Gasteiger partial charge on any atom is 0.0451 e. The molecule has 0 bridgehead atoms. The molecule has 1 rings (SSSR count). The second kappa shape index (κ2) is 2.31. The van der Waals surface area contributed by atoms with Crippen LogP contribution in [0.4, 0.5) is 0 Å². The van der Waals surface area contributed by atoms with Crippen molar-refractivity contribution in [2.24, 2.45) is 0 Å². The van der Waals surface area contributed by atoms with E-state index in [0.717, 1.165) is 4.88 Å². The lowest BCUT2D eigenvalue weighted by atomic mass is 10.3. The molecule has 0 fully saturated rings. The zero-order valence-corrected chi connectivity index (χ0v) is 6.38. The lowest BCUT2D eigenvalue weighted by molar-refractivity contribution is 1.44. The molecule has 0 saturated carbocycles. The number of hydrogen-bond donors (Lipinski definition) is 1. The Labute approximate surface area is 58.9 Å². The van der Waals surface area contributed by atoms with Crippen LogP contribution < -0.4 is 0 Å². The molecule has 2 heteroatoms. The molecule has 1 aromatic rings. The van der Waals surface area contributed by atoms with Gasteiger partial charge in [-0.2, -0.15) is 0 Å². The van der Waals surface area contributed by atoms with Crippen LogP contribution in [-0.2, 0) is 0 Å². The Morgan fingerprint density at radius 3 is 2.44 bits per heavy atom. The van der Waals surface area contributed by atoms with E-state index in [1.807, 2.05) is 6.07 Å². The van der Waals surface area contributed by atoms with Gasteiger partial charge in [-0.05, 0) is 25.5 Å². The van der Waals surface area contributed by atoms with Gasteiger partial charge >= 0.3 is 0 Å². The number of thiophene rings is 1. The van der Waals surface area contributed by atoms with Gasteiger partial charge in [0.2, 0.25) is 0 Å². The second-order valence-electron chi connectivity index (χ2n) is 2.03. The van der Waals surface area contributed by atoms with E-state index < -0.39 is 0 Å². The summed E-state index contributed by atoms with van der Waals surface area (Å²) in [7, 11) is 0. The van der Waals surface area contributed by atoms with Crippen molar-refractivity contribution in [2.45, 2.75) is 13.8 Å². The predicted octanol–water partition coefficient (Wildman–Crippen LogP) is 2.36. The highest BCUT2D eigenvalue weighted by Gasteiger charge is 1.96. The standard InChI is InChI=1S/C7H9NS/c1-5-3-7(4-8)9-6(5)2/h3-4,8H,1-2H3. The van der Waals surface area contributed by atoms with E-state index in [2.05, 4.69) is 13.8 Å². The summed E-state index contributed by atoms with van der Waals surface area (Å²) in [4.78, 5) is 2.36. The van der Waals surface area contributed by atoms with Crippen molar-refractivity contribution in [3.05, 3.63) is 21.4 Å². The molecule has 1 nitrogen and oxygen atoms in total. The van der Waals surface area contributed by atoms with E-state index in [0.29, 0.717) is 0 Å². The fourth-order valence-corrected chi connectivity index (χ4v) is 1.54. The SMILES string of the molecule is Cc1cc(C=N)sc1C. The minimum absolute atomic E-state index is 1.05. The molecule has 0 spiro atoms. The first-order chi connectivity index (χ1) is 4.24. The molecule has 1 heterocycles. The van der Waals surface area contributed by atoms with Gasteiger partial charge in [0, 0.05) is 16.0 Å². The minimum Gasteiger partial charge on any atom is -0.307 e. The van der Waals surface area contributed by atoms with Gasteiger partial charge in [-0.25, -0.2) is 0 Å². The van der Waals surface area contributed by atoms with Crippen molar-refractivity contribution in [2.75, 3.05) is 0 Å². The Morgan fingerprint density at radius 1 is 1.56 bits per heavy atom. The van der Waals surface area contributed by atoms with Crippen LogP contribution in [0.15, 0.2) is 6.07 Å². The normalized spacial score (nSPS) is 9.56. The summed E-state index contributed by atoms with van der Waals surface area (Å²) in [5.74, 6) is 0. The highest BCUT2D eigenvalue weighted by Crippen LogP contribution is 2.18. The maximum absolute atomic E-state index is 6.94. The van der Waals surface area contributed by atoms with Crippen LogP contribution in [0, 0.1) is 19.3 Å². The molecule has 9 heavy (non-hydrogen) atoms. The van der Waals surface area contributed by atoms with Crippen molar-refractivity contribution in [3.63, 3.8) is 0 Å². The van der Waals surface area contributed by atoms with E-state index in [1.165, 1.54) is 16.7 Å². The summed E-state index contributed by atoms with van der Waals surface area (Å²) in [6.45, 7) is 4.14. The highest BCUT2D eigenvalue weighted by atomic mass is 32.1. The number of rotatable bonds is 1. The molecule has 0 unspecified atom stereocenters. The summed E-state index contributed by atoms with van der Waals surface area (Å²) < 4.78 is 0. The molecule has 1 aromatic heterocycles. The molecule has 0 radical (unpaired) electrons. The zero-order chi connectivity index (χ0) is 6.85. The van der Waals surface area contributed by atoms with Crippen LogP contribution in [0.25, 0.3) is 0 Å². The van der Waals surface area contributed by atoms with E-state index in [4.69, 9.17) is 5.41 Å². The molecule has 1 N–H and O–H groups in total. The average Bonchev–Trinajstić information content (AvgIpc) is 2.13. The van der Waals surface area contributed by atoms with E-state index >= 15 is 0 Å². The first kappa shape index (κ1) is 6.49. The Morgan fingerprint density at radius 2 is 2.22 bits per heavy atom. The Kier molecular flexibility index (Phi) is 1.67. The van der Waals surface area contributed by atoms with Crippen LogP contribution >= 0.6 is 11.3 Å². The van der Waals surface area contributed by atoms with Crippen LogP contribution in [0.2, 0.25) is 0 Å². The third kappa shape index (κ3) is 1.19. The van der Waals surface area contributed by atoms with E-state index in [-0.39, 0.29) is 0 Å². The molecular weight excluding hydrogens is 130 g/mol. The molecule has 48 valence electrons. The van der Waals surface area contributed by atoms with Crippen LogP contribution in [0.5, 0.6) is 0 Å². The van der Waals surface area contributed by atoms with E-state index in [9.17, 15) is 0 Å². The Hall–Kier alpha value is -0.630. The van der Waals surface area contributed by atoms with Crippen molar-refractivity contribution >= 4 is 17.6 Å². The molecule has 0 aromatic carbocycles. The summed E-state index contributed by atoms with van der Waals surface area (Å²) in [6.07, 6.45) is 1.39. The molecule has 0 atom stereocenters. The van der Waals surface area contributed by atoms with Gasteiger partial charge < -0.3 is 5.41 Å². The lowest BCUT2D eigenvalue weighted by Crippen LogP contribution is -1.65. The van der Waals surface area contributed by atoms with Gasteiger partial charge in [-0.3, -0.25) is 0 Å². The van der Waals surface area contributed by atoms with E-state index in [1.54, 1.807) is 11.3 Å². The monoisotopic (exact) mass is 139 g/mol. The Bertz CT molecular complexity index is 205. The molecule has 0 aliphatic rings. The average molecular weight is 139 g/mol. The van der Waals surface area contributed by atoms with Gasteiger partial charge in [0.25, 0.3) is 0 Å². The summed E-state index contributed by atoms with van der Waals surface area (Å²) in [5.41, 5.74) is 1.29. The third-order valence-corrected chi connectivity index (χ3v) is 2.43. The number of aryl methyl sites for hydroxylation is 2. The molecule has 0 amide bonds. The van der Waals surface area contributed by atoms with Gasteiger partial charge in [0.15, 0.2) is 0 Å². The second-order valence-corrected chi connectivity index (χ2v) is 3.32. The number of nitrogens with one attached hydrogen (secondary N) is 1. The van der Waals surface area contributed by atoms with Crippen molar-refractivity contribution in [1.82, 2.24) is 0 Å². The van der Waals surface area contributed by atoms with Crippen LogP contribution in [0.1, 0.15) is 15.3 Å². The smallest absolute Gasteiger partial charge is 0.0451 e. The van der Waals surface area contributed by atoms with Gasteiger partial charge in [0.1, 0.15) is 0 Å². The summed E-state index contributed by atoms with van der Waals surface area (Å²) in [5, 5.41) is 6.94. The van der Waals surface area contributed by atoms with Gasteiger partial charge in [-0.15, -0.1) is 11.3 Å². The fourth-order valence-electron chi connectivity index (χ4n) is 0.673. The van der Waals surface area contributed by atoms with Crippen molar-refractivity contribution in [1.29, 1.82) is 5.41 Å². The maximum atomic E-state index is 6.94. The number of hydrogen-bond acceptors (Lipinski definition) is 2. The zero-order valence-electron chi connectivity index (χ0n) is 5.56.